The van der Waals surface area contributed by atoms with Crippen molar-refractivity contribution in [3.8, 4) is 17.0 Å². The highest BCUT2D eigenvalue weighted by Crippen LogP contribution is 2.29. The maximum Gasteiger partial charge on any atom is 0.323 e. The zero-order chi connectivity index (χ0) is 10.8. The van der Waals surface area contributed by atoms with Crippen LogP contribution < -0.4 is 10.4 Å². The predicted octanol–water partition coefficient (Wildman–Crippen LogP) is 2.14. The first-order chi connectivity index (χ1) is 7.20. The lowest BCUT2D eigenvalue weighted by molar-refractivity contribution is 0.412. The monoisotopic (exact) mass is 268 g/mol. The van der Waals surface area contributed by atoms with Crippen molar-refractivity contribution in [2.45, 2.75) is 0 Å². The van der Waals surface area contributed by atoms with E-state index in [2.05, 4.69) is 25.9 Å². The van der Waals surface area contributed by atoms with Crippen LogP contribution in [0.4, 0.5) is 0 Å². The zero-order valence-electron chi connectivity index (χ0n) is 8.00. The number of halogens is 1. The van der Waals surface area contributed by atoms with E-state index < -0.39 is 0 Å². The van der Waals surface area contributed by atoms with E-state index in [4.69, 9.17) is 4.74 Å². The van der Waals surface area contributed by atoms with E-state index in [9.17, 15) is 4.79 Å². The normalized spacial score (nSPS) is 10.3. The molecule has 0 radical (unpaired) electrons. The predicted molar refractivity (Wildman–Crippen MR) is 61.1 cm³/mol. The molecule has 1 aromatic heterocycles. The van der Waals surface area contributed by atoms with Gasteiger partial charge in [0.1, 0.15) is 5.75 Å². The second kappa shape index (κ2) is 3.94. The minimum Gasteiger partial charge on any atom is -0.496 e. The van der Waals surface area contributed by atoms with Crippen LogP contribution in [0.1, 0.15) is 0 Å². The molecule has 15 heavy (non-hydrogen) atoms. The van der Waals surface area contributed by atoms with Crippen molar-refractivity contribution < 1.29 is 4.74 Å². The van der Waals surface area contributed by atoms with Gasteiger partial charge in [-0.05, 0) is 34.1 Å². The highest BCUT2D eigenvalue weighted by molar-refractivity contribution is 9.10. The van der Waals surface area contributed by atoms with Gasteiger partial charge in [-0.3, -0.25) is 0 Å². The first kappa shape index (κ1) is 10.0. The van der Waals surface area contributed by atoms with Crippen molar-refractivity contribution in [3.05, 3.63) is 39.4 Å². The van der Waals surface area contributed by atoms with Crippen molar-refractivity contribution in [1.29, 1.82) is 0 Å². The summed E-state index contributed by atoms with van der Waals surface area (Å²) in [7, 11) is 1.61. The Balaban J connectivity index is 2.46. The third-order valence-corrected chi connectivity index (χ3v) is 2.68. The Labute approximate surface area is 94.4 Å². The lowest BCUT2D eigenvalue weighted by atomic mass is 10.2. The number of aromatic nitrogens is 2. The number of methoxy groups -OCH3 is 1. The van der Waals surface area contributed by atoms with Gasteiger partial charge >= 0.3 is 5.69 Å². The van der Waals surface area contributed by atoms with Crippen LogP contribution in [0.3, 0.4) is 0 Å². The van der Waals surface area contributed by atoms with E-state index in [0.29, 0.717) is 0 Å². The van der Waals surface area contributed by atoms with Gasteiger partial charge in [-0.1, -0.05) is 0 Å². The van der Waals surface area contributed by atoms with Gasteiger partial charge in [-0.2, -0.15) is 0 Å². The summed E-state index contributed by atoms with van der Waals surface area (Å²) in [5, 5.41) is 0. The van der Waals surface area contributed by atoms with Crippen LogP contribution in [0.2, 0.25) is 0 Å². The van der Waals surface area contributed by atoms with Crippen LogP contribution in [0.5, 0.6) is 5.75 Å². The molecular formula is C10H9BrN2O2. The fourth-order valence-corrected chi connectivity index (χ4v) is 1.86. The smallest absolute Gasteiger partial charge is 0.323 e. The second-order valence-corrected chi connectivity index (χ2v) is 3.86. The summed E-state index contributed by atoms with van der Waals surface area (Å²) < 4.78 is 5.97. The van der Waals surface area contributed by atoms with E-state index in [-0.39, 0.29) is 5.69 Å². The first-order valence-corrected chi connectivity index (χ1v) is 5.11. The number of hydrogen-bond donors (Lipinski definition) is 2. The second-order valence-electron chi connectivity index (χ2n) is 3.01. The van der Waals surface area contributed by atoms with Crippen molar-refractivity contribution in [3.63, 3.8) is 0 Å². The first-order valence-electron chi connectivity index (χ1n) is 4.32. The van der Waals surface area contributed by atoms with Gasteiger partial charge in [-0.25, -0.2) is 4.79 Å². The SMILES string of the molecule is COc1ccc(-c2c[nH]c(=O)[nH]2)cc1Br. The Morgan fingerprint density at radius 2 is 2.20 bits per heavy atom. The standard InChI is InChI=1S/C10H9BrN2O2/c1-15-9-3-2-6(4-7(9)11)8-5-12-10(14)13-8/h2-5H,1H3,(H2,12,13,14). The molecule has 0 aliphatic heterocycles. The van der Waals surface area contributed by atoms with Gasteiger partial charge in [0.05, 0.1) is 17.3 Å². The summed E-state index contributed by atoms with van der Waals surface area (Å²) in [6.45, 7) is 0. The van der Waals surface area contributed by atoms with Gasteiger partial charge in [0.25, 0.3) is 0 Å². The van der Waals surface area contributed by atoms with Crippen LogP contribution >= 0.6 is 15.9 Å². The topological polar surface area (TPSA) is 57.9 Å². The summed E-state index contributed by atoms with van der Waals surface area (Å²) in [6, 6.07) is 5.60. The van der Waals surface area contributed by atoms with E-state index in [1.807, 2.05) is 18.2 Å². The van der Waals surface area contributed by atoms with Crippen LogP contribution in [0.25, 0.3) is 11.3 Å². The van der Waals surface area contributed by atoms with Crippen molar-refractivity contribution in [2.24, 2.45) is 0 Å². The molecule has 0 unspecified atom stereocenters. The average Bonchev–Trinajstić information content (AvgIpc) is 2.65. The van der Waals surface area contributed by atoms with Gasteiger partial charge in [0.15, 0.2) is 0 Å². The number of ether oxygens (including phenoxy) is 1. The molecule has 2 aromatic rings. The maximum absolute atomic E-state index is 10.9. The molecule has 0 saturated heterocycles. The Bertz CT molecular complexity index is 530. The van der Waals surface area contributed by atoms with Gasteiger partial charge < -0.3 is 14.7 Å². The lowest BCUT2D eigenvalue weighted by Crippen LogP contribution is -1.99. The minimum atomic E-state index is -0.211. The molecule has 2 rings (SSSR count). The quantitative estimate of drug-likeness (QED) is 0.877. The van der Waals surface area contributed by atoms with E-state index in [0.717, 1.165) is 21.5 Å². The van der Waals surface area contributed by atoms with E-state index in [1.165, 1.54) is 0 Å². The van der Waals surface area contributed by atoms with Crippen LogP contribution in [-0.2, 0) is 0 Å². The molecule has 0 aliphatic rings. The molecule has 0 aliphatic carbocycles. The summed E-state index contributed by atoms with van der Waals surface area (Å²) in [6.07, 6.45) is 1.64. The molecule has 2 N–H and O–H groups in total. The summed E-state index contributed by atoms with van der Waals surface area (Å²) in [5.41, 5.74) is 1.46. The largest absolute Gasteiger partial charge is 0.496 e. The zero-order valence-corrected chi connectivity index (χ0v) is 9.59. The lowest BCUT2D eigenvalue weighted by Gasteiger charge is -2.04. The molecule has 78 valence electrons. The van der Waals surface area contributed by atoms with Crippen molar-refractivity contribution >= 4 is 15.9 Å². The third kappa shape index (κ3) is 1.97. The Morgan fingerprint density at radius 3 is 2.73 bits per heavy atom. The third-order valence-electron chi connectivity index (χ3n) is 2.06. The number of imidazole rings is 1. The number of H-pyrrole nitrogens is 2. The van der Waals surface area contributed by atoms with Crippen LogP contribution in [-0.4, -0.2) is 17.1 Å². The minimum absolute atomic E-state index is 0.211. The Kier molecular flexibility index (Phi) is 2.64. The highest BCUT2D eigenvalue weighted by atomic mass is 79.9. The fourth-order valence-electron chi connectivity index (χ4n) is 1.32. The number of aromatic amines is 2. The number of nitrogens with one attached hydrogen (secondary N) is 2. The van der Waals surface area contributed by atoms with E-state index in [1.54, 1.807) is 13.3 Å². The fraction of sp³-hybridized carbons (Fsp3) is 0.100. The molecule has 4 nitrogen and oxygen atoms in total. The molecule has 0 spiro atoms. The molecule has 1 aromatic carbocycles. The molecule has 0 amide bonds. The highest BCUT2D eigenvalue weighted by Gasteiger charge is 2.04. The molecule has 0 bridgehead atoms. The summed E-state index contributed by atoms with van der Waals surface area (Å²) >= 11 is 3.38. The number of hydrogen-bond acceptors (Lipinski definition) is 2. The molecule has 0 saturated carbocycles. The summed E-state index contributed by atoms with van der Waals surface area (Å²) in [5.74, 6) is 0.761. The van der Waals surface area contributed by atoms with Crippen molar-refractivity contribution in [1.82, 2.24) is 9.97 Å². The van der Waals surface area contributed by atoms with Gasteiger partial charge in [0.2, 0.25) is 0 Å². The van der Waals surface area contributed by atoms with Crippen LogP contribution in [0, 0.1) is 0 Å². The van der Waals surface area contributed by atoms with Crippen LogP contribution in [0.15, 0.2) is 33.7 Å². The molecule has 5 heteroatoms. The van der Waals surface area contributed by atoms with E-state index >= 15 is 0 Å². The van der Waals surface area contributed by atoms with Gasteiger partial charge in [-0.15, -0.1) is 0 Å². The Morgan fingerprint density at radius 1 is 1.40 bits per heavy atom. The number of rotatable bonds is 2. The molecule has 1 heterocycles. The average molecular weight is 269 g/mol. The number of benzene rings is 1. The van der Waals surface area contributed by atoms with Crippen molar-refractivity contribution in [2.75, 3.05) is 7.11 Å². The maximum atomic E-state index is 10.9. The molecular weight excluding hydrogens is 260 g/mol. The Hall–Kier alpha value is -1.49. The van der Waals surface area contributed by atoms with Gasteiger partial charge in [0, 0.05) is 11.8 Å². The molecule has 0 atom stereocenters. The molecule has 0 fully saturated rings. The summed E-state index contributed by atoms with van der Waals surface area (Å²) in [4.78, 5) is 16.2.